The Labute approximate surface area is 167 Å². The number of amides is 1. The second-order valence-electron chi connectivity index (χ2n) is 6.33. The minimum atomic E-state index is -0.137. The second-order valence-corrected chi connectivity index (χ2v) is 6.33. The second kappa shape index (κ2) is 12.1. The highest BCUT2D eigenvalue weighted by Crippen LogP contribution is 2.17. The molecule has 2 aliphatic heterocycles. The lowest BCUT2D eigenvalue weighted by Gasteiger charge is -2.26. The molecule has 0 unspecified atom stereocenters. The Morgan fingerprint density at radius 3 is 2.64 bits per heavy atom. The van der Waals surface area contributed by atoms with Crippen molar-refractivity contribution in [1.82, 2.24) is 10.2 Å². The molecule has 1 aromatic rings. The summed E-state index contributed by atoms with van der Waals surface area (Å²) in [4.78, 5) is 19.0. The fourth-order valence-corrected chi connectivity index (χ4v) is 2.74. The lowest BCUT2D eigenvalue weighted by Crippen LogP contribution is -2.41. The van der Waals surface area contributed by atoms with Gasteiger partial charge in [0.15, 0.2) is 0 Å². The largest absolute Gasteiger partial charge is 0.458 e. The van der Waals surface area contributed by atoms with Gasteiger partial charge in [-0.15, -0.1) is 0 Å². The van der Waals surface area contributed by atoms with Crippen LogP contribution in [0, 0.1) is 6.92 Å². The topological polar surface area (TPSA) is 63.2 Å². The molecule has 0 spiro atoms. The van der Waals surface area contributed by atoms with E-state index in [-0.39, 0.29) is 5.91 Å². The van der Waals surface area contributed by atoms with E-state index >= 15 is 0 Å². The lowest BCUT2D eigenvalue weighted by molar-refractivity contribution is -0.117. The molecule has 2 aliphatic rings. The van der Waals surface area contributed by atoms with E-state index in [0.717, 1.165) is 38.6 Å². The molecule has 0 aliphatic carbocycles. The predicted molar refractivity (Wildman–Crippen MR) is 113 cm³/mol. The summed E-state index contributed by atoms with van der Waals surface area (Å²) in [6, 6.07) is 7.81. The standard InChI is InChI=1S/C20H25N3O3.C2H6/c1-16-2-4-18(5-3-16)26-19-6-7-21-15-17(14-19)20(24)22-8-9-23-10-12-25-13-11-23;1-2/h2-6,14-15H,7-13H2,1H3,(H,22,24);1-2H3. The van der Waals surface area contributed by atoms with Gasteiger partial charge in [0.2, 0.25) is 0 Å². The zero-order valence-corrected chi connectivity index (χ0v) is 17.1. The molecule has 2 heterocycles. The van der Waals surface area contributed by atoms with Crippen LogP contribution in [-0.2, 0) is 9.53 Å². The van der Waals surface area contributed by atoms with E-state index in [0.29, 0.717) is 24.4 Å². The average Bonchev–Trinajstić information content (AvgIpc) is 2.98. The van der Waals surface area contributed by atoms with Gasteiger partial charge in [0.1, 0.15) is 11.5 Å². The number of nitrogens with zero attached hydrogens (tertiary/aromatic N) is 2. The van der Waals surface area contributed by atoms with E-state index in [1.54, 1.807) is 12.3 Å². The minimum absolute atomic E-state index is 0.137. The van der Waals surface area contributed by atoms with Gasteiger partial charge in [-0.3, -0.25) is 14.7 Å². The molecule has 3 rings (SSSR count). The minimum Gasteiger partial charge on any atom is -0.458 e. The summed E-state index contributed by atoms with van der Waals surface area (Å²) in [6.45, 7) is 11.3. The van der Waals surface area contributed by atoms with Gasteiger partial charge in [-0.2, -0.15) is 0 Å². The van der Waals surface area contributed by atoms with Gasteiger partial charge in [-0.25, -0.2) is 0 Å². The summed E-state index contributed by atoms with van der Waals surface area (Å²) >= 11 is 0. The summed E-state index contributed by atoms with van der Waals surface area (Å²) < 4.78 is 11.2. The third-order valence-corrected chi connectivity index (χ3v) is 4.26. The molecule has 0 aromatic heterocycles. The maximum atomic E-state index is 12.4. The molecule has 6 heteroatoms. The van der Waals surface area contributed by atoms with Gasteiger partial charge in [0.05, 0.1) is 25.3 Å². The Kier molecular flexibility index (Phi) is 9.45. The first kappa shape index (κ1) is 21.9. The van der Waals surface area contributed by atoms with Gasteiger partial charge in [-0.1, -0.05) is 31.5 Å². The van der Waals surface area contributed by atoms with Crippen LogP contribution in [0.5, 0.6) is 5.75 Å². The molecular formula is C22H31N3O3. The van der Waals surface area contributed by atoms with Gasteiger partial charge >= 0.3 is 0 Å². The summed E-state index contributed by atoms with van der Waals surface area (Å²) in [5.41, 5.74) is 1.68. The predicted octanol–water partition coefficient (Wildman–Crippen LogP) is 2.74. The molecule has 1 saturated heterocycles. The Balaban J connectivity index is 0.00000136. The molecule has 0 atom stereocenters. The highest BCUT2D eigenvalue weighted by molar-refractivity contribution is 6.12. The number of hydrogen-bond donors (Lipinski definition) is 1. The Hall–Kier alpha value is -2.44. The highest BCUT2D eigenvalue weighted by Gasteiger charge is 2.13. The highest BCUT2D eigenvalue weighted by atomic mass is 16.5. The average molecular weight is 386 g/mol. The summed E-state index contributed by atoms with van der Waals surface area (Å²) in [5.74, 6) is 1.24. The molecule has 0 bridgehead atoms. The van der Waals surface area contributed by atoms with Crippen LogP contribution in [0.1, 0.15) is 19.4 Å². The zero-order valence-electron chi connectivity index (χ0n) is 17.1. The van der Waals surface area contributed by atoms with Crippen molar-refractivity contribution in [2.45, 2.75) is 20.8 Å². The number of aliphatic imine (C=N–C) groups is 1. The van der Waals surface area contributed by atoms with E-state index in [1.165, 1.54) is 5.56 Å². The van der Waals surface area contributed by atoms with Crippen LogP contribution in [0.3, 0.4) is 0 Å². The molecule has 0 saturated carbocycles. The number of ether oxygens (including phenoxy) is 2. The van der Waals surface area contributed by atoms with Crippen LogP contribution in [0.2, 0.25) is 0 Å². The van der Waals surface area contributed by atoms with Crippen molar-refractivity contribution in [2.75, 3.05) is 45.9 Å². The number of rotatable bonds is 6. The van der Waals surface area contributed by atoms with Gasteiger partial charge in [-0.05, 0) is 31.2 Å². The number of nitrogens with one attached hydrogen (secondary N) is 1. The Morgan fingerprint density at radius 1 is 1.21 bits per heavy atom. The molecule has 1 fully saturated rings. The third-order valence-electron chi connectivity index (χ3n) is 4.26. The summed E-state index contributed by atoms with van der Waals surface area (Å²) in [6.07, 6.45) is 5.21. The summed E-state index contributed by atoms with van der Waals surface area (Å²) in [5, 5.41) is 2.96. The first-order chi connectivity index (χ1) is 13.7. The number of allylic oxidation sites excluding steroid dienone is 1. The first-order valence-electron chi connectivity index (χ1n) is 9.95. The molecule has 0 radical (unpaired) electrons. The number of carbonyl (C=O) groups is 1. The maximum Gasteiger partial charge on any atom is 0.253 e. The third kappa shape index (κ3) is 7.29. The fraction of sp³-hybridized carbons (Fsp3) is 0.455. The van der Waals surface area contributed by atoms with Crippen molar-refractivity contribution < 1.29 is 14.3 Å². The van der Waals surface area contributed by atoms with E-state index in [2.05, 4.69) is 15.2 Å². The van der Waals surface area contributed by atoms with Gasteiger partial charge < -0.3 is 14.8 Å². The fourth-order valence-electron chi connectivity index (χ4n) is 2.74. The number of carbonyl (C=O) groups excluding carboxylic acids is 1. The molecule has 28 heavy (non-hydrogen) atoms. The maximum absolute atomic E-state index is 12.4. The Morgan fingerprint density at radius 2 is 1.93 bits per heavy atom. The molecular weight excluding hydrogens is 354 g/mol. The van der Waals surface area contributed by atoms with Crippen molar-refractivity contribution in [3.05, 3.63) is 53.3 Å². The first-order valence-corrected chi connectivity index (χ1v) is 9.95. The van der Waals surface area contributed by atoms with E-state index in [1.807, 2.05) is 51.1 Å². The smallest absolute Gasteiger partial charge is 0.253 e. The molecule has 152 valence electrons. The van der Waals surface area contributed by atoms with Crippen molar-refractivity contribution in [1.29, 1.82) is 0 Å². The number of morpholine rings is 1. The molecule has 1 aromatic carbocycles. The van der Waals surface area contributed by atoms with Crippen molar-refractivity contribution in [3.63, 3.8) is 0 Å². The van der Waals surface area contributed by atoms with E-state index < -0.39 is 0 Å². The van der Waals surface area contributed by atoms with Crippen LogP contribution in [0.15, 0.2) is 52.7 Å². The lowest BCUT2D eigenvalue weighted by atomic mass is 10.2. The molecule has 1 N–H and O–H groups in total. The van der Waals surface area contributed by atoms with E-state index in [9.17, 15) is 4.79 Å². The van der Waals surface area contributed by atoms with Crippen LogP contribution in [-0.4, -0.2) is 63.0 Å². The van der Waals surface area contributed by atoms with Crippen LogP contribution in [0.4, 0.5) is 0 Å². The van der Waals surface area contributed by atoms with Crippen LogP contribution in [0.25, 0.3) is 0 Å². The molecule has 1 amide bonds. The summed E-state index contributed by atoms with van der Waals surface area (Å²) in [7, 11) is 0. The zero-order chi connectivity index (χ0) is 20.2. The van der Waals surface area contributed by atoms with E-state index in [4.69, 9.17) is 9.47 Å². The van der Waals surface area contributed by atoms with Crippen molar-refractivity contribution >= 4 is 12.1 Å². The van der Waals surface area contributed by atoms with Crippen molar-refractivity contribution in [2.24, 2.45) is 4.99 Å². The van der Waals surface area contributed by atoms with Crippen molar-refractivity contribution in [3.8, 4) is 5.75 Å². The normalized spacial score (nSPS) is 16.8. The monoisotopic (exact) mass is 385 g/mol. The quantitative estimate of drug-likeness (QED) is 0.818. The number of hydrogen-bond acceptors (Lipinski definition) is 5. The Bertz CT molecular complexity index is 702. The SMILES string of the molecule is CC.Cc1ccc(OC2=CCN=CC(C(=O)NCCN3CCOCC3)=C2)cc1. The van der Waals surface area contributed by atoms with Gasteiger partial charge in [0, 0.05) is 32.4 Å². The molecule has 6 nitrogen and oxygen atoms in total. The van der Waals surface area contributed by atoms with Gasteiger partial charge in [0.25, 0.3) is 5.91 Å². The van der Waals surface area contributed by atoms with Crippen LogP contribution < -0.4 is 10.1 Å². The number of aryl methyl sites for hydroxylation is 1. The van der Waals surface area contributed by atoms with Crippen LogP contribution >= 0.6 is 0 Å². The number of benzene rings is 1.